The maximum absolute atomic E-state index is 11.8. The van der Waals surface area contributed by atoms with E-state index in [1.54, 1.807) is 31.4 Å². The summed E-state index contributed by atoms with van der Waals surface area (Å²) in [6.45, 7) is 1.19. The summed E-state index contributed by atoms with van der Waals surface area (Å²) >= 11 is 0. The van der Waals surface area contributed by atoms with E-state index in [2.05, 4.69) is 10.3 Å². The number of aliphatic imine (C=N–C) groups is 1. The van der Waals surface area contributed by atoms with Crippen LogP contribution in [0, 0.1) is 0 Å². The molecule has 0 saturated carbocycles. The predicted molar refractivity (Wildman–Crippen MR) is 92.7 cm³/mol. The summed E-state index contributed by atoms with van der Waals surface area (Å²) < 4.78 is 30.9. The lowest BCUT2D eigenvalue weighted by Gasteiger charge is -2.05. The molecule has 1 aromatic rings. The summed E-state index contributed by atoms with van der Waals surface area (Å²) in [4.78, 5) is 15.6. The lowest BCUT2D eigenvalue weighted by atomic mass is 10.2. The highest BCUT2D eigenvalue weighted by Gasteiger charge is 2.04. The summed E-state index contributed by atoms with van der Waals surface area (Å²) in [5.74, 6) is 0.737. The number of amides is 1. The molecular weight excluding hydrogens is 336 g/mol. The zero-order valence-corrected chi connectivity index (χ0v) is 14.5. The van der Waals surface area contributed by atoms with E-state index in [1.165, 1.54) is 0 Å². The summed E-state index contributed by atoms with van der Waals surface area (Å²) in [7, 11) is -2.08. The van der Waals surface area contributed by atoms with Gasteiger partial charge in [0.15, 0.2) is 5.96 Å². The van der Waals surface area contributed by atoms with Gasteiger partial charge in [0.2, 0.25) is 0 Å². The number of nitrogens with two attached hydrogens (primary N) is 2. The molecule has 0 aliphatic carbocycles. The van der Waals surface area contributed by atoms with E-state index in [-0.39, 0.29) is 11.9 Å². The molecule has 0 bridgehead atoms. The Balaban J connectivity index is 0.000000922. The zero-order chi connectivity index (χ0) is 18.6. The van der Waals surface area contributed by atoms with Gasteiger partial charge in [0, 0.05) is 18.7 Å². The van der Waals surface area contributed by atoms with E-state index in [1.807, 2.05) is 0 Å². The number of nitrogens with zero attached hydrogens (tertiary/aromatic N) is 1. The molecule has 0 unspecified atom stereocenters. The molecule has 1 rings (SSSR count). The first-order valence-electron chi connectivity index (χ1n) is 7.03. The van der Waals surface area contributed by atoms with E-state index in [9.17, 15) is 13.2 Å². The molecule has 0 aliphatic heterocycles. The van der Waals surface area contributed by atoms with E-state index in [0.29, 0.717) is 24.9 Å². The molecule has 9 nitrogen and oxygen atoms in total. The molecule has 0 aliphatic rings. The van der Waals surface area contributed by atoms with Crippen LogP contribution in [0.15, 0.2) is 29.3 Å². The molecule has 1 amide bonds. The molecule has 0 fully saturated rings. The molecule has 0 spiro atoms. The molecule has 6 N–H and O–H groups in total. The standard InChI is InChI=1S/C13H20N4O2.CH4O3S/c1-19-11-6-4-10(5-7-11)12(18)16-8-2-3-9-17-13(14)15;1-5(2,3)4/h4-7H,2-3,8-9H2,1H3,(H,16,18)(H4,14,15,17);1H3,(H,2,3,4). The van der Waals surface area contributed by atoms with Gasteiger partial charge in [-0.1, -0.05) is 0 Å². The van der Waals surface area contributed by atoms with Gasteiger partial charge in [0.25, 0.3) is 16.0 Å². The van der Waals surface area contributed by atoms with Crippen molar-refractivity contribution >= 4 is 22.0 Å². The van der Waals surface area contributed by atoms with Crippen LogP contribution in [0.1, 0.15) is 23.2 Å². The lowest BCUT2D eigenvalue weighted by molar-refractivity contribution is 0.0953. The Kier molecular flexibility index (Phi) is 10.2. The number of ether oxygens (including phenoxy) is 1. The van der Waals surface area contributed by atoms with Crippen molar-refractivity contribution in [3.63, 3.8) is 0 Å². The second-order valence-corrected chi connectivity index (χ2v) is 6.20. The maximum atomic E-state index is 11.8. The maximum Gasteiger partial charge on any atom is 0.261 e. The van der Waals surface area contributed by atoms with Gasteiger partial charge in [-0.3, -0.25) is 14.3 Å². The van der Waals surface area contributed by atoms with Crippen molar-refractivity contribution < 1.29 is 22.5 Å². The van der Waals surface area contributed by atoms with E-state index in [4.69, 9.17) is 20.8 Å². The summed E-state index contributed by atoms with van der Waals surface area (Å²) in [5.41, 5.74) is 11.0. The van der Waals surface area contributed by atoms with Gasteiger partial charge in [0.05, 0.1) is 13.4 Å². The molecule has 0 heterocycles. The van der Waals surface area contributed by atoms with Crippen LogP contribution in [-0.2, 0) is 10.1 Å². The molecule has 0 aromatic heterocycles. The monoisotopic (exact) mass is 360 g/mol. The van der Waals surface area contributed by atoms with Crippen LogP contribution in [0.4, 0.5) is 0 Å². The van der Waals surface area contributed by atoms with Crippen molar-refractivity contribution in [3.8, 4) is 5.75 Å². The largest absolute Gasteiger partial charge is 0.497 e. The fraction of sp³-hybridized carbons (Fsp3) is 0.429. The van der Waals surface area contributed by atoms with Gasteiger partial charge >= 0.3 is 0 Å². The Morgan fingerprint density at radius 2 is 1.79 bits per heavy atom. The van der Waals surface area contributed by atoms with Crippen LogP contribution in [0.3, 0.4) is 0 Å². The van der Waals surface area contributed by atoms with Crippen molar-refractivity contribution in [3.05, 3.63) is 29.8 Å². The van der Waals surface area contributed by atoms with Gasteiger partial charge < -0.3 is 21.5 Å². The van der Waals surface area contributed by atoms with E-state index < -0.39 is 10.1 Å². The van der Waals surface area contributed by atoms with Crippen molar-refractivity contribution in [2.75, 3.05) is 26.5 Å². The average Bonchev–Trinajstić information content (AvgIpc) is 2.48. The lowest BCUT2D eigenvalue weighted by Crippen LogP contribution is -2.25. The third-order valence-electron chi connectivity index (χ3n) is 2.52. The molecular formula is C14H24N4O5S. The Bertz CT molecular complexity index is 617. The summed E-state index contributed by atoms with van der Waals surface area (Å²) in [5, 5.41) is 2.83. The molecule has 1 aromatic carbocycles. The van der Waals surface area contributed by atoms with E-state index in [0.717, 1.165) is 18.6 Å². The molecule has 0 atom stereocenters. The second-order valence-electron chi connectivity index (χ2n) is 4.73. The number of guanidine groups is 1. The Morgan fingerprint density at radius 1 is 1.25 bits per heavy atom. The number of benzene rings is 1. The number of carbonyl (C=O) groups excluding carboxylic acids is 1. The van der Waals surface area contributed by atoms with Gasteiger partial charge in [-0.25, -0.2) is 0 Å². The third kappa shape index (κ3) is 13.3. The quantitative estimate of drug-likeness (QED) is 0.230. The Morgan fingerprint density at radius 3 is 2.25 bits per heavy atom. The average molecular weight is 360 g/mol. The highest BCUT2D eigenvalue weighted by atomic mass is 32.2. The first-order valence-corrected chi connectivity index (χ1v) is 8.88. The SMILES string of the molecule is COc1ccc(C(=O)NCCCCN=C(N)N)cc1.CS(=O)(=O)O. The van der Waals surface area contributed by atoms with Crippen LogP contribution < -0.4 is 21.5 Å². The van der Waals surface area contributed by atoms with Crippen molar-refractivity contribution in [2.24, 2.45) is 16.5 Å². The topological polar surface area (TPSA) is 157 Å². The number of carbonyl (C=O) groups is 1. The fourth-order valence-corrected chi connectivity index (χ4v) is 1.49. The number of hydrogen-bond acceptors (Lipinski definition) is 5. The van der Waals surface area contributed by atoms with Gasteiger partial charge in [-0.15, -0.1) is 0 Å². The van der Waals surface area contributed by atoms with Gasteiger partial charge in [0.1, 0.15) is 5.75 Å². The number of hydrogen-bond donors (Lipinski definition) is 4. The van der Waals surface area contributed by atoms with E-state index >= 15 is 0 Å². The van der Waals surface area contributed by atoms with Crippen LogP contribution in [0.5, 0.6) is 5.75 Å². The van der Waals surface area contributed by atoms with Crippen LogP contribution in [0.25, 0.3) is 0 Å². The summed E-state index contributed by atoms with van der Waals surface area (Å²) in [6.07, 6.45) is 2.38. The fourth-order valence-electron chi connectivity index (χ4n) is 1.49. The number of rotatable bonds is 7. The first kappa shape index (κ1) is 21.7. The minimum atomic E-state index is -3.67. The van der Waals surface area contributed by atoms with Crippen molar-refractivity contribution in [1.29, 1.82) is 0 Å². The molecule has 0 radical (unpaired) electrons. The molecule has 0 saturated heterocycles. The predicted octanol–water partition coefficient (Wildman–Crippen LogP) is -0.0174. The number of methoxy groups -OCH3 is 1. The number of unbranched alkanes of at least 4 members (excludes halogenated alkanes) is 1. The molecule has 10 heteroatoms. The van der Waals surface area contributed by atoms with Gasteiger partial charge in [-0.2, -0.15) is 8.42 Å². The normalized spacial score (nSPS) is 10.1. The molecule has 24 heavy (non-hydrogen) atoms. The van der Waals surface area contributed by atoms with Gasteiger partial charge in [-0.05, 0) is 37.1 Å². The van der Waals surface area contributed by atoms with Crippen LogP contribution >= 0.6 is 0 Å². The van der Waals surface area contributed by atoms with Crippen molar-refractivity contribution in [2.45, 2.75) is 12.8 Å². The van der Waals surface area contributed by atoms with Crippen molar-refractivity contribution in [1.82, 2.24) is 5.32 Å². The Labute approximate surface area is 141 Å². The number of nitrogens with one attached hydrogen (secondary N) is 1. The highest BCUT2D eigenvalue weighted by molar-refractivity contribution is 7.85. The third-order valence-corrected chi connectivity index (χ3v) is 2.52. The highest BCUT2D eigenvalue weighted by Crippen LogP contribution is 2.10. The van der Waals surface area contributed by atoms with Crippen LogP contribution in [0.2, 0.25) is 0 Å². The first-order chi connectivity index (χ1) is 11.1. The minimum absolute atomic E-state index is 0.0931. The minimum Gasteiger partial charge on any atom is -0.497 e. The zero-order valence-electron chi connectivity index (χ0n) is 13.7. The smallest absolute Gasteiger partial charge is 0.261 e. The Hall–Kier alpha value is -2.33. The summed E-state index contributed by atoms with van der Waals surface area (Å²) in [6, 6.07) is 6.97. The molecule has 136 valence electrons. The van der Waals surface area contributed by atoms with Crippen LogP contribution in [-0.4, -0.2) is 51.3 Å². The second kappa shape index (κ2) is 11.2.